The van der Waals surface area contributed by atoms with Gasteiger partial charge in [-0.2, -0.15) is 0 Å². The van der Waals surface area contributed by atoms with Crippen molar-refractivity contribution in [2.45, 2.75) is 18.2 Å². The molecule has 0 radical (unpaired) electrons. The van der Waals surface area contributed by atoms with Crippen LogP contribution in [0.5, 0.6) is 0 Å². The van der Waals surface area contributed by atoms with E-state index in [-0.39, 0.29) is 28.6 Å². The lowest BCUT2D eigenvalue weighted by Gasteiger charge is -2.10. The molecule has 0 aliphatic carbocycles. The van der Waals surface area contributed by atoms with E-state index in [9.17, 15) is 26.8 Å². The van der Waals surface area contributed by atoms with Crippen molar-refractivity contribution in [3.8, 4) is 0 Å². The Morgan fingerprint density at radius 1 is 0.844 bits per heavy atom. The maximum Gasteiger partial charge on any atom is 0.261 e. The van der Waals surface area contributed by atoms with E-state index in [1.807, 2.05) is 0 Å². The normalized spacial score (nSPS) is 11.0. The lowest BCUT2D eigenvalue weighted by Crippen LogP contribution is -2.15. The maximum atomic E-state index is 13.7. The quantitative estimate of drug-likeness (QED) is 0.498. The fraction of sp³-hybridized carbons (Fsp3) is 0.0909. The zero-order chi connectivity index (χ0) is 23.3. The Morgan fingerprint density at radius 3 is 2.09 bits per heavy atom. The molecule has 3 N–H and O–H groups in total. The molecule has 0 atom stereocenters. The summed E-state index contributed by atoms with van der Waals surface area (Å²) in [7, 11) is -3.88. The molecule has 166 valence electrons. The molecule has 3 aromatic carbocycles. The third-order valence-corrected chi connectivity index (χ3v) is 5.65. The molecule has 0 unspecified atom stereocenters. The molecule has 0 bridgehead atoms. The van der Waals surface area contributed by atoms with Crippen molar-refractivity contribution in [3.63, 3.8) is 0 Å². The van der Waals surface area contributed by atoms with Gasteiger partial charge in [-0.15, -0.1) is 0 Å². The zero-order valence-electron chi connectivity index (χ0n) is 16.9. The van der Waals surface area contributed by atoms with Gasteiger partial charge < -0.3 is 10.6 Å². The molecule has 0 fully saturated rings. The number of rotatable bonds is 7. The Bertz CT molecular complexity index is 1250. The van der Waals surface area contributed by atoms with Crippen molar-refractivity contribution in [1.29, 1.82) is 0 Å². The van der Waals surface area contributed by atoms with Crippen LogP contribution in [0, 0.1) is 11.6 Å². The first-order valence-corrected chi connectivity index (χ1v) is 10.8. The monoisotopic (exact) mass is 459 g/mol. The summed E-state index contributed by atoms with van der Waals surface area (Å²) >= 11 is 0. The Balaban J connectivity index is 1.62. The number of hydrogen-bond acceptors (Lipinski definition) is 4. The molecule has 0 spiro atoms. The summed E-state index contributed by atoms with van der Waals surface area (Å²) in [5.74, 6) is -2.00. The highest BCUT2D eigenvalue weighted by Crippen LogP contribution is 2.21. The second kappa shape index (κ2) is 9.56. The minimum Gasteiger partial charge on any atom is -0.326 e. The average molecular weight is 459 g/mol. The Morgan fingerprint density at radius 2 is 1.47 bits per heavy atom. The minimum absolute atomic E-state index is 0.0160. The molecule has 32 heavy (non-hydrogen) atoms. The van der Waals surface area contributed by atoms with Crippen LogP contribution < -0.4 is 15.4 Å². The summed E-state index contributed by atoms with van der Waals surface area (Å²) in [6, 6.07) is 14.4. The molecule has 10 heteroatoms. The summed E-state index contributed by atoms with van der Waals surface area (Å²) in [6.07, 6.45) is -0.0160. The van der Waals surface area contributed by atoms with Crippen molar-refractivity contribution in [2.24, 2.45) is 0 Å². The van der Waals surface area contributed by atoms with Crippen LogP contribution in [-0.2, 0) is 26.0 Å². The van der Waals surface area contributed by atoms with E-state index in [2.05, 4.69) is 15.4 Å². The van der Waals surface area contributed by atoms with Crippen molar-refractivity contribution in [2.75, 3.05) is 15.4 Å². The Hall–Kier alpha value is -3.79. The largest absolute Gasteiger partial charge is 0.326 e. The van der Waals surface area contributed by atoms with Gasteiger partial charge in [0.2, 0.25) is 11.8 Å². The lowest BCUT2D eigenvalue weighted by atomic mass is 10.1. The van der Waals surface area contributed by atoms with E-state index < -0.39 is 27.6 Å². The fourth-order valence-corrected chi connectivity index (χ4v) is 3.86. The number of carbonyl (C=O) groups is 2. The second-order valence-corrected chi connectivity index (χ2v) is 8.54. The molecule has 2 amide bonds. The molecule has 0 aliphatic heterocycles. The van der Waals surface area contributed by atoms with Crippen LogP contribution in [0.1, 0.15) is 12.5 Å². The standard InChI is InChI=1S/C22H19F2N3O4S/c1-14(28)25-21-13-18(8-11-20(21)24)26-22(29)12-15-2-6-17(7-3-15)27-32(30,31)19-9-4-16(23)5-10-19/h2-11,13,27H,12H2,1H3,(H,25,28)(H,26,29). The topological polar surface area (TPSA) is 104 Å². The van der Waals surface area contributed by atoms with E-state index in [0.29, 0.717) is 11.3 Å². The highest BCUT2D eigenvalue weighted by atomic mass is 32.2. The second-order valence-electron chi connectivity index (χ2n) is 6.86. The van der Waals surface area contributed by atoms with Crippen LogP contribution in [0.4, 0.5) is 25.8 Å². The summed E-state index contributed by atoms with van der Waals surface area (Å²) in [5.41, 5.74) is 1.14. The predicted octanol–water partition coefficient (Wildman–Crippen LogP) is 3.91. The molecular formula is C22H19F2N3O4S. The van der Waals surface area contributed by atoms with Gasteiger partial charge in [0.15, 0.2) is 0 Å². The number of halogens is 2. The van der Waals surface area contributed by atoms with Crippen LogP contribution in [0.25, 0.3) is 0 Å². The van der Waals surface area contributed by atoms with Crippen LogP contribution in [0.3, 0.4) is 0 Å². The van der Waals surface area contributed by atoms with Gasteiger partial charge in [-0.05, 0) is 60.2 Å². The molecule has 0 aliphatic rings. The Kier molecular flexibility index (Phi) is 6.84. The van der Waals surface area contributed by atoms with Crippen LogP contribution in [0.2, 0.25) is 0 Å². The molecule has 0 aromatic heterocycles. The van der Waals surface area contributed by atoms with Gasteiger partial charge >= 0.3 is 0 Å². The lowest BCUT2D eigenvalue weighted by molar-refractivity contribution is -0.115. The molecule has 7 nitrogen and oxygen atoms in total. The van der Waals surface area contributed by atoms with Crippen LogP contribution in [0.15, 0.2) is 71.6 Å². The average Bonchev–Trinajstić information content (AvgIpc) is 2.72. The van der Waals surface area contributed by atoms with Crippen molar-refractivity contribution in [1.82, 2.24) is 0 Å². The van der Waals surface area contributed by atoms with E-state index in [0.717, 1.165) is 30.3 Å². The number of benzene rings is 3. The maximum absolute atomic E-state index is 13.7. The number of hydrogen-bond donors (Lipinski definition) is 3. The summed E-state index contributed by atoms with van der Waals surface area (Å²) in [5, 5.41) is 4.95. The van der Waals surface area contributed by atoms with Gasteiger partial charge in [-0.25, -0.2) is 17.2 Å². The molecule has 3 aromatic rings. The number of carbonyl (C=O) groups excluding carboxylic acids is 2. The smallest absolute Gasteiger partial charge is 0.261 e. The van der Waals surface area contributed by atoms with Gasteiger partial charge in [0, 0.05) is 18.3 Å². The Labute approximate surface area is 183 Å². The number of nitrogens with one attached hydrogen (secondary N) is 3. The van der Waals surface area contributed by atoms with Crippen molar-refractivity contribution >= 4 is 38.9 Å². The number of amides is 2. The number of sulfonamides is 1. The van der Waals surface area contributed by atoms with Crippen LogP contribution in [-0.4, -0.2) is 20.2 Å². The molecule has 0 saturated carbocycles. The fourth-order valence-electron chi connectivity index (χ4n) is 2.80. The first-order chi connectivity index (χ1) is 15.1. The van der Waals surface area contributed by atoms with Gasteiger partial charge in [-0.3, -0.25) is 14.3 Å². The minimum atomic E-state index is -3.88. The van der Waals surface area contributed by atoms with Gasteiger partial charge in [-0.1, -0.05) is 12.1 Å². The highest BCUT2D eigenvalue weighted by molar-refractivity contribution is 7.92. The summed E-state index contributed by atoms with van der Waals surface area (Å²) < 4.78 is 53.8. The van der Waals surface area contributed by atoms with Crippen LogP contribution >= 0.6 is 0 Å². The summed E-state index contributed by atoms with van der Waals surface area (Å²) in [4.78, 5) is 23.3. The third-order valence-electron chi connectivity index (χ3n) is 4.26. The van der Waals surface area contributed by atoms with Crippen molar-refractivity contribution < 1.29 is 26.8 Å². The van der Waals surface area contributed by atoms with E-state index in [1.165, 1.54) is 31.2 Å². The molecule has 3 rings (SSSR count). The molecule has 0 heterocycles. The van der Waals surface area contributed by atoms with Gasteiger partial charge in [0.25, 0.3) is 10.0 Å². The van der Waals surface area contributed by atoms with E-state index in [1.54, 1.807) is 12.1 Å². The first kappa shape index (κ1) is 22.9. The number of anilines is 3. The van der Waals surface area contributed by atoms with Crippen molar-refractivity contribution in [3.05, 3.63) is 83.9 Å². The summed E-state index contributed by atoms with van der Waals surface area (Å²) in [6.45, 7) is 1.24. The van der Waals surface area contributed by atoms with Gasteiger partial charge in [0.1, 0.15) is 11.6 Å². The SMILES string of the molecule is CC(=O)Nc1cc(NC(=O)Cc2ccc(NS(=O)(=O)c3ccc(F)cc3)cc2)ccc1F. The van der Waals surface area contributed by atoms with E-state index >= 15 is 0 Å². The zero-order valence-corrected chi connectivity index (χ0v) is 17.7. The molecular weight excluding hydrogens is 440 g/mol. The van der Waals surface area contributed by atoms with Gasteiger partial charge in [0.05, 0.1) is 17.0 Å². The van der Waals surface area contributed by atoms with E-state index in [4.69, 9.17) is 0 Å². The third kappa shape index (κ3) is 6.11. The first-order valence-electron chi connectivity index (χ1n) is 9.37. The highest BCUT2D eigenvalue weighted by Gasteiger charge is 2.14. The molecule has 0 saturated heterocycles. The predicted molar refractivity (Wildman–Crippen MR) is 117 cm³/mol.